The number of carbonyl (C=O) groups is 1. The number of amides is 1. The molecule has 0 aromatic carbocycles. The molecule has 1 unspecified atom stereocenters. The minimum Gasteiger partial charge on any atom is -0.394 e. The molecule has 4 N–H and O–H groups in total. The van der Waals surface area contributed by atoms with Crippen LogP contribution in [0.1, 0.15) is 17.3 Å². The van der Waals surface area contributed by atoms with E-state index in [-0.39, 0.29) is 12.6 Å². The average molecular weight is 195 g/mol. The fraction of sp³-hybridized carbons (Fsp3) is 0.333. The van der Waals surface area contributed by atoms with Gasteiger partial charge in [-0.1, -0.05) is 0 Å². The summed E-state index contributed by atoms with van der Waals surface area (Å²) in [5, 5.41) is 11.7. The fourth-order valence-electron chi connectivity index (χ4n) is 0.998. The SMILES string of the molecule is CC(CO)Nc1ncccc1C(N)=O. The molecule has 0 aliphatic carbocycles. The Morgan fingerprint density at radius 3 is 3.07 bits per heavy atom. The van der Waals surface area contributed by atoms with Crippen LogP contribution in [0.5, 0.6) is 0 Å². The first kappa shape index (κ1) is 10.5. The van der Waals surface area contributed by atoms with Crippen molar-refractivity contribution in [2.75, 3.05) is 11.9 Å². The van der Waals surface area contributed by atoms with Crippen LogP contribution in [0.4, 0.5) is 5.82 Å². The Kier molecular flexibility index (Phi) is 3.41. The van der Waals surface area contributed by atoms with Gasteiger partial charge in [0.2, 0.25) is 0 Å². The summed E-state index contributed by atoms with van der Waals surface area (Å²) in [4.78, 5) is 14.9. The fourth-order valence-corrected chi connectivity index (χ4v) is 0.998. The van der Waals surface area contributed by atoms with E-state index in [2.05, 4.69) is 10.3 Å². The van der Waals surface area contributed by atoms with Crippen molar-refractivity contribution < 1.29 is 9.90 Å². The maximum absolute atomic E-state index is 11.0. The highest BCUT2D eigenvalue weighted by Gasteiger charge is 2.10. The molecule has 1 atom stereocenters. The van der Waals surface area contributed by atoms with E-state index >= 15 is 0 Å². The first-order valence-electron chi connectivity index (χ1n) is 4.27. The maximum atomic E-state index is 11.0. The van der Waals surface area contributed by atoms with E-state index in [0.29, 0.717) is 11.4 Å². The van der Waals surface area contributed by atoms with Gasteiger partial charge in [0.25, 0.3) is 5.91 Å². The van der Waals surface area contributed by atoms with Gasteiger partial charge in [0.1, 0.15) is 5.82 Å². The van der Waals surface area contributed by atoms with Crippen molar-refractivity contribution in [3.8, 4) is 0 Å². The number of aliphatic hydroxyl groups excluding tert-OH is 1. The Balaban J connectivity index is 2.90. The molecule has 5 nitrogen and oxygen atoms in total. The molecule has 0 spiro atoms. The van der Waals surface area contributed by atoms with Crippen molar-refractivity contribution in [3.63, 3.8) is 0 Å². The largest absolute Gasteiger partial charge is 0.394 e. The summed E-state index contributed by atoms with van der Waals surface area (Å²) in [5.41, 5.74) is 5.48. The molecule has 5 heteroatoms. The van der Waals surface area contributed by atoms with Crippen LogP contribution in [-0.4, -0.2) is 28.6 Å². The number of primary amides is 1. The first-order chi connectivity index (χ1) is 6.65. The molecular formula is C9H13N3O2. The van der Waals surface area contributed by atoms with Gasteiger partial charge in [0.15, 0.2) is 0 Å². The minimum absolute atomic E-state index is 0.0330. The number of anilines is 1. The number of hydrogen-bond donors (Lipinski definition) is 3. The van der Waals surface area contributed by atoms with E-state index in [9.17, 15) is 4.79 Å². The topological polar surface area (TPSA) is 88.2 Å². The summed E-state index contributed by atoms with van der Waals surface area (Å²) in [6.45, 7) is 1.74. The van der Waals surface area contributed by atoms with Gasteiger partial charge in [-0.3, -0.25) is 4.79 Å². The van der Waals surface area contributed by atoms with Crippen molar-refractivity contribution in [2.45, 2.75) is 13.0 Å². The van der Waals surface area contributed by atoms with E-state index in [1.807, 2.05) is 0 Å². The molecule has 0 bridgehead atoms. The molecular weight excluding hydrogens is 182 g/mol. The van der Waals surface area contributed by atoms with E-state index < -0.39 is 5.91 Å². The van der Waals surface area contributed by atoms with Crippen LogP contribution < -0.4 is 11.1 Å². The number of aromatic nitrogens is 1. The molecule has 1 rings (SSSR count). The molecule has 1 aromatic heterocycles. The Morgan fingerprint density at radius 2 is 2.50 bits per heavy atom. The third-order valence-electron chi connectivity index (χ3n) is 1.73. The van der Waals surface area contributed by atoms with Crippen molar-refractivity contribution >= 4 is 11.7 Å². The highest BCUT2D eigenvalue weighted by Crippen LogP contribution is 2.11. The van der Waals surface area contributed by atoms with Crippen LogP contribution in [0, 0.1) is 0 Å². The van der Waals surface area contributed by atoms with Crippen LogP contribution in [0.2, 0.25) is 0 Å². The second-order valence-electron chi connectivity index (χ2n) is 2.99. The molecule has 14 heavy (non-hydrogen) atoms. The van der Waals surface area contributed by atoms with Gasteiger partial charge in [0.05, 0.1) is 12.2 Å². The van der Waals surface area contributed by atoms with E-state index in [1.165, 1.54) is 0 Å². The maximum Gasteiger partial charge on any atom is 0.252 e. The van der Waals surface area contributed by atoms with Crippen molar-refractivity contribution in [3.05, 3.63) is 23.9 Å². The quantitative estimate of drug-likeness (QED) is 0.629. The number of nitrogens with two attached hydrogens (primary N) is 1. The smallest absolute Gasteiger partial charge is 0.252 e. The zero-order chi connectivity index (χ0) is 10.6. The van der Waals surface area contributed by atoms with Gasteiger partial charge in [-0.05, 0) is 19.1 Å². The van der Waals surface area contributed by atoms with Crippen LogP contribution in [0.15, 0.2) is 18.3 Å². The van der Waals surface area contributed by atoms with Gasteiger partial charge in [-0.2, -0.15) is 0 Å². The second kappa shape index (κ2) is 4.57. The number of nitrogens with one attached hydrogen (secondary N) is 1. The van der Waals surface area contributed by atoms with E-state index in [1.54, 1.807) is 25.3 Å². The first-order valence-corrected chi connectivity index (χ1v) is 4.27. The molecule has 0 fully saturated rings. The molecule has 0 saturated heterocycles. The monoisotopic (exact) mass is 195 g/mol. The molecule has 0 aliphatic rings. The lowest BCUT2D eigenvalue weighted by Crippen LogP contribution is -2.23. The summed E-state index contributed by atoms with van der Waals surface area (Å²) >= 11 is 0. The van der Waals surface area contributed by atoms with Crippen LogP contribution in [0.25, 0.3) is 0 Å². The number of rotatable bonds is 4. The van der Waals surface area contributed by atoms with Gasteiger partial charge < -0.3 is 16.2 Å². The molecule has 0 saturated carbocycles. The zero-order valence-corrected chi connectivity index (χ0v) is 7.90. The number of carbonyl (C=O) groups excluding carboxylic acids is 1. The van der Waals surface area contributed by atoms with Crippen molar-refractivity contribution in [1.29, 1.82) is 0 Å². The summed E-state index contributed by atoms with van der Waals surface area (Å²) in [7, 11) is 0. The lowest BCUT2D eigenvalue weighted by Gasteiger charge is -2.13. The Hall–Kier alpha value is -1.62. The predicted molar refractivity (Wildman–Crippen MR) is 52.9 cm³/mol. The molecule has 1 amide bonds. The van der Waals surface area contributed by atoms with E-state index in [4.69, 9.17) is 10.8 Å². The third kappa shape index (κ3) is 2.43. The number of aliphatic hydroxyl groups is 1. The molecule has 76 valence electrons. The second-order valence-corrected chi connectivity index (χ2v) is 2.99. The summed E-state index contributed by atoms with van der Waals surface area (Å²) in [6.07, 6.45) is 1.55. The predicted octanol–water partition coefficient (Wildman–Crippen LogP) is -0.0268. The van der Waals surface area contributed by atoms with Crippen molar-refractivity contribution in [1.82, 2.24) is 4.98 Å². The molecule has 1 heterocycles. The normalized spacial score (nSPS) is 12.1. The standard InChI is InChI=1S/C9H13N3O2/c1-6(5-13)12-9-7(8(10)14)3-2-4-11-9/h2-4,6,13H,5H2,1H3,(H2,10,14)(H,11,12). The van der Waals surface area contributed by atoms with Gasteiger partial charge in [-0.15, -0.1) is 0 Å². The summed E-state index contributed by atoms with van der Waals surface area (Å²) < 4.78 is 0. The third-order valence-corrected chi connectivity index (χ3v) is 1.73. The Bertz CT molecular complexity index is 328. The van der Waals surface area contributed by atoms with Gasteiger partial charge in [-0.25, -0.2) is 4.98 Å². The number of nitrogens with zero attached hydrogens (tertiary/aromatic N) is 1. The van der Waals surface area contributed by atoms with Crippen LogP contribution in [-0.2, 0) is 0 Å². The molecule has 0 aliphatic heterocycles. The highest BCUT2D eigenvalue weighted by atomic mass is 16.3. The van der Waals surface area contributed by atoms with Gasteiger partial charge >= 0.3 is 0 Å². The highest BCUT2D eigenvalue weighted by molar-refractivity contribution is 5.97. The van der Waals surface area contributed by atoms with E-state index in [0.717, 1.165) is 0 Å². The minimum atomic E-state index is -0.536. The van der Waals surface area contributed by atoms with Crippen LogP contribution in [0.3, 0.4) is 0 Å². The lowest BCUT2D eigenvalue weighted by molar-refractivity contribution is 0.100. The Labute approximate surface area is 82.0 Å². The lowest BCUT2D eigenvalue weighted by atomic mass is 10.2. The summed E-state index contributed by atoms with van der Waals surface area (Å²) in [5.74, 6) is -0.132. The average Bonchev–Trinajstić information content (AvgIpc) is 2.18. The Morgan fingerprint density at radius 1 is 1.79 bits per heavy atom. The number of pyridine rings is 1. The van der Waals surface area contributed by atoms with Crippen LogP contribution >= 0.6 is 0 Å². The molecule has 1 aromatic rings. The summed E-state index contributed by atoms with van der Waals surface area (Å²) in [6, 6.07) is 3.06. The zero-order valence-electron chi connectivity index (χ0n) is 7.90. The van der Waals surface area contributed by atoms with Gasteiger partial charge in [0, 0.05) is 12.2 Å². The molecule has 0 radical (unpaired) electrons. The van der Waals surface area contributed by atoms with Crippen molar-refractivity contribution in [2.24, 2.45) is 5.73 Å². The number of hydrogen-bond acceptors (Lipinski definition) is 4.